The van der Waals surface area contributed by atoms with Crippen LogP contribution in [0.4, 0.5) is 22.0 Å². The molecule has 29 heavy (non-hydrogen) atoms. The van der Waals surface area contributed by atoms with Crippen LogP contribution >= 0.6 is 0 Å². The number of hydrogen-bond acceptors (Lipinski definition) is 3. The highest BCUT2D eigenvalue weighted by Gasteiger charge is 2.33. The maximum atomic E-state index is 13.8. The summed E-state index contributed by atoms with van der Waals surface area (Å²) in [6, 6.07) is 4.35. The van der Waals surface area contributed by atoms with Crippen LogP contribution in [0.1, 0.15) is 34.5 Å². The average Bonchev–Trinajstić information content (AvgIpc) is 2.69. The summed E-state index contributed by atoms with van der Waals surface area (Å²) in [5.41, 5.74) is 5.18. The average molecular weight is 413 g/mol. The van der Waals surface area contributed by atoms with Gasteiger partial charge in [0, 0.05) is 25.3 Å². The molecule has 1 saturated heterocycles. The number of piperidine rings is 1. The molecule has 1 aliphatic heterocycles. The van der Waals surface area contributed by atoms with Crippen molar-refractivity contribution in [2.45, 2.75) is 31.5 Å². The molecule has 1 amide bonds. The molecule has 3 rings (SSSR count). The summed E-state index contributed by atoms with van der Waals surface area (Å²) in [7, 11) is 0. The number of carbonyl (C=O) groups excluding carboxylic acids is 1. The normalized spacial score (nSPS) is 16.7. The molecule has 0 spiro atoms. The molecule has 0 bridgehead atoms. The summed E-state index contributed by atoms with van der Waals surface area (Å²) >= 11 is 0. The molecule has 0 radical (unpaired) electrons. The van der Waals surface area contributed by atoms with Gasteiger partial charge < -0.3 is 10.6 Å². The lowest BCUT2D eigenvalue weighted by molar-refractivity contribution is -0.137. The molecule has 0 saturated carbocycles. The maximum absolute atomic E-state index is 13.8. The van der Waals surface area contributed by atoms with Crippen LogP contribution in [0.2, 0.25) is 0 Å². The lowest BCUT2D eigenvalue weighted by Gasteiger charge is -2.34. The van der Waals surface area contributed by atoms with E-state index >= 15 is 0 Å². The second-order valence-corrected chi connectivity index (χ2v) is 7.16. The van der Waals surface area contributed by atoms with E-state index < -0.39 is 35.3 Å². The second kappa shape index (κ2) is 8.44. The summed E-state index contributed by atoms with van der Waals surface area (Å²) < 4.78 is 65.6. The van der Waals surface area contributed by atoms with E-state index in [9.17, 15) is 26.7 Å². The fourth-order valence-corrected chi connectivity index (χ4v) is 3.54. The summed E-state index contributed by atoms with van der Waals surface area (Å²) in [6.07, 6.45) is -2.39. The van der Waals surface area contributed by atoms with Crippen molar-refractivity contribution in [1.29, 1.82) is 0 Å². The van der Waals surface area contributed by atoms with Crippen LogP contribution in [0.25, 0.3) is 0 Å². The van der Waals surface area contributed by atoms with Gasteiger partial charge in [0.15, 0.2) is 0 Å². The van der Waals surface area contributed by atoms with Gasteiger partial charge in [-0.2, -0.15) is 13.2 Å². The third kappa shape index (κ3) is 5.09. The Morgan fingerprint density at radius 3 is 2.52 bits per heavy atom. The summed E-state index contributed by atoms with van der Waals surface area (Å²) in [5, 5.41) is 0. The molecule has 1 aromatic carbocycles. The minimum absolute atomic E-state index is 0.0174. The van der Waals surface area contributed by atoms with Gasteiger partial charge in [0.05, 0.1) is 5.56 Å². The van der Waals surface area contributed by atoms with Crippen molar-refractivity contribution >= 4 is 5.91 Å². The van der Waals surface area contributed by atoms with Crippen LogP contribution in [-0.2, 0) is 12.6 Å². The van der Waals surface area contributed by atoms with E-state index in [0.717, 1.165) is 36.5 Å². The van der Waals surface area contributed by atoms with Crippen LogP contribution in [0.3, 0.4) is 0 Å². The van der Waals surface area contributed by atoms with Gasteiger partial charge in [-0.25, -0.2) is 8.78 Å². The zero-order valence-electron chi connectivity index (χ0n) is 15.4. The van der Waals surface area contributed by atoms with Crippen LogP contribution in [-0.4, -0.2) is 34.9 Å². The summed E-state index contributed by atoms with van der Waals surface area (Å²) in [4.78, 5) is 17.7. The Labute approximate surface area is 164 Å². The number of pyridine rings is 1. The lowest BCUT2D eigenvalue weighted by atomic mass is 9.86. The second-order valence-electron chi connectivity index (χ2n) is 7.16. The van der Waals surface area contributed by atoms with E-state index in [2.05, 4.69) is 4.98 Å². The summed E-state index contributed by atoms with van der Waals surface area (Å²) in [6.45, 7) is 0.613. The van der Waals surface area contributed by atoms with Gasteiger partial charge in [-0.3, -0.25) is 9.78 Å². The van der Waals surface area contributed by atoms with Gasteiger partial charge in [0.1, 0.15) is 17.3 Å². The molecule has 2 N–H and O–H groups in total. The molecule has 1 unspecified atom stereocenters. The molecule has 156 valence electrons. The molecule has 2 heterocycles. The number of likely N-dealkylation sites (tertiary alicyclic amines) is 1. The number of carbonyl (C=O) groups is 1. The predicted octanol–water partition coefficient (Wildman–Crippen LogP) is 3.80. The molecule has 2 aromatic rings. The zero-order chi connectivity index (χ0) is 21.2. The Morgan fingerprint density at radius 1 is 1.17 bits per heavy atom. The van der Waals surface area contributed by atoms with E-state index in [-0.39, 0.29) is 23.6 Å². The lowest BCUT2D eigenvalue weighted by Crippen LogP contribution is -2.44. The summed E-state index contributed by atoms with van der Waals surface area (Å²) in [5.74, 6) is -1.65. The quantitative estimate of drug-likeness (QED) is 0.776. The van der Waals surface area contributed by atoms with Gasteiger partial charge in [-0.1, -0.05) is 0 Å². The fraction of sp³-hybridized carbons (Fsp3) is 0.400. The monoisotopic (exact) mass is 413 g/mol. The van der Waals surface area contributed by atoms with Crippen LogP contribution < -0.4 is 5.73 Å². The van der Waals surface area contributed by atoms with Gasteiger partial charge in [0.2, 0.25) is 0 Å². The van der Waals surface area contributed by atoms with E-state index in [1.54, 1.807) is 0 Å². The highest BCUT2D eigenvalue weighted by molar-refractivity contribution is 5.92. The third-order valence-electron chi connectivity index (χ3n) is 5.20. The van der Waals surface area contributed by atoms with Crippen molar-refractivity contribution in [1.82, 2.24) is 9.88 Å². The first-order valence-electron chi connectivity index (χ1n) is 9.17. The van der Waals surface area contributed by atoms with E-state index in [1.165, 1.54) is 4.90 Å². The Kier molecular flexibility index (Phi) is 6.16. The molecular weight excluding hydrogens is 393 g/mol. The molecule has 4 nitrogen and oxygen atoms in total. The zero-order valence-corrected chi connectivity index (χ0v) is 15.4. The first kappa shape index (κ1) is 21.2. The fourth-order valence-electron chi connectivity index (χ4n) is 3.54. The molecular formula is C20H20F5N3O. The number of nitrogens with two attached hydrogens (primary N) is 1. The topological polar surface area (TPSA) is 59.2 Å². The Balaban J connectivity index is 1.60. The number of alkyl halides is 3. The Bertz CT molecular complexity index is 879. The van der Waals surface area contributed by atoms with Gasteiger partial charge in [-0.05, 0) is 61.1 Å². The standard InChI is InChI=1S/C20H20F5N3O/c21-15-1-2-16(22)13(9-15)10-17(26)12-4-7-28(8-5-12)19(29)18-11-14(3-6-27-18)20(23,24)25/h1-3,6,9,11-12,17H,4-5,7-8,10,26H2. The van der Waals surface area contributed by atoms with Crippen molar-refractivity contribution in [2.75, 3.05) is 13.1 Å². The van der Waals surface area contributed by atoms with Crippen molar-refractivity contribution in [3.63, 3.8) is 0 Å². The highest BCUT2D eigenvalue weighted by atomic mass is 19.4. The first-order valence-corrected chi connectivity index (χ1v) is 9.17. The van der Waals surface area contributed by atoms with E-state index in [4.69, 9.17) is 5.73 Å². The molecule has 1 atom stereocenters. The van der Waals surface area contributed by atoms with Crippen LogP contribution in [0.5, 0.6) is 0 Å². The largest absolute Gasteiger partial charge is 0.416 e. The van der Waals surface area contributed by atoms with Crippen molar-refractivity contribution < 1.29 is 26.7 Å². The van der Waals surface area contributed by atoms with Crippen LogP contribution in [0, 0.1) is 17.6 Å². The minimum atomic E-state index is -4.55. The number of nitrogens with zero attached hydrogens (tertiary/aromatic N) is 2. The third-order valence-corrected chi connectivity index (χ3v) is 5.20. The first-order chi connectivity index (χ1) is 13.6. The number of hydrogen-bond donors (Lipinski definition) is 1. The molecule has 1 aromatic heterocycles. The van der Waals surface area contributed by atoms with Crippen molar-refractivity contribution in [3.05, 3.63) is 65.0 Å². The number of rotatable bonds is 4. The van der Waals surface area contributed by atoms with Crippen LogP contribution in [0.15, 0.2) is 36.5 Å². The number of benzene rings is 1. The SMILES string of the molecule is NC(Cc1cc(F)ccc1F)C1CCN(C(=O)c2cc(C(F)(F)F)ccn2)CC1. The molecule has 0 aliphatic carbocycles. The molecule has 1 fully saturated rings. The number of aromatic nitrogens is 1. The van der Waals surface area contributed by atoms with Crippen molar-refractivity contribution in [3.8, 4) is 0 Å². The number of amides is 1. The van der Waals surface area contributed by atoms with Gasteiger partial charge in [0.25, 0.3) is 5.91 Å². The Hall–Kier alpha value is -2.55. The molecule has 1 aliphatic rings. The minimum Gasteiger partial charge on any atom is -0.337 e. The van der Waals surface area contributed by atoms with Gasteiger partial charge in [-0.15, -0.1) is 0 Å². The van der Waals surface area contributed by atoms with Gasteiger partial charge >= 0.3 is 6.18 Å². The van der Waals surface area contributed by atoms with Crippen molar-refractivity contribution in [2.24, 2.45) is 11.7 Å². The smallest absolute Gasteiger partial charge is 0.337 e. The Morgan fingerprint density at radius 2 is 1.86 bits per heavy atom. The molecule has 9 heteroatoms. The van der Waals surface area contributed by atoms with E-state index in [1.807, 2.05) is 0 Å². The van der Waals surface area contributed by atoms with E-state index in [0.29, 0.717) is 25.9 Å². The number of halogens is 5. The maximum Gasteiger partial charge on any atom is 0.416 e. The highest BCUT2D eigenvalue weighted by Crippen LogP contribution is 2.30. The predicted molar refractivity (Wildman–Crippen MR) is 95.9 cm³/mol.